The average Bonchev–Trinajstić information content (AvgIpc) is 3.76. The SMILES string of the molecule is Cn1c2ccccc2c2c3ccc4ccc5c(c6ccccc6n5-c5ccc(-c6ccccc6)cc5)c4c3ccc21.N=c1c2ccccc2oc2cccc(N)c12. The maximum atomic E-state index is 8.13. The molecule has 57 heavy (non-hydrogen) atoms. The third-order valence-corrected chi connectivity index (χ3v) is 11.6. The molecular weight excluding hydrogens is 697 g/mol. The smallest absolute Gasteiger partial charge is 0.138 e. The Morgan fingerprint density at radius 1 is 0.421 bits per heavy atom. The number of nitrogens with two attached hydrogens (primary N) is 1. The molecule has 270 valence electrons. The van der Waals surface area contributed by atoms with E-state index in [-0.39, 0.29) is 0 Å². The lowest BCUT2D eigenvalue weighted by molar-refractivity contribution is 0.659. The van der Waals surface area contributed by atoms with Crippen LogP contribution >= 0.6 is 0 Å². The highest BCUT2D eigenvalue weighted by Gasteiger charge is 2.18. The van der Waals surface area contributed by atoms with Crippen molar-refractivity contribution in [3.63, 3.8) is 0 Å². The summed E-state index contributed by atoms with van der Waals surface area (Å²) in [6.07, 6.45) is 0. The topological polar surface area (TPSA) is 72.9 Å². The van der Waals surface area contributed by atoms with Crippen molar-refractivity contribution >= 4 is 92.8 Å². The van der Waals surface area contributed by atoms with E-state index in [0.717, 1.165) is 5.39 Å². The fourth-order valence-electron chi connectivity index (χ4n) is 8.98. The normalized spacial score (nSPS) is 11.7. The number of rotatable bonds is 2. The van der Waals surface area contributed by atoms with Crippen molar-refractivity contribution in [2.45, 2.75) is 0 Å². The number of hydrogen-bond acceptors (Lipinski definition) is 3. The first-order valence-corrected chi connectivity index (χ1v) is 19.2. The summed E-state index contributed by atoms with van der Waals surface area (Å²) in [5, 5.41) is 20.5. The van der Waals surface area contributed by atoms with Crippen molar-refractivity contribution in [3.05, 3.63) is 187 Å². The average molecular weight is 733 g/mol. The van der Waals surface area contributed by atoms with Crippen LogP contribution in [0.4, 0.5) is 5.69 Å². The van der Waals surface area contributed by atoms with Crippen LogP contribution in [-0.2, 0) is 7.05 Å². The molecule has 0 aliphatic carbocycles. The highest BCUT2D eigenvalue weighted by atomic mass is 16.3. The predicted molar refractivity (Wildman–Crippen MR) is 239 cm³/mol. The van der Waals surface area contributed by atoms with Crippen LogP contribution in [0.1, 0.15) is 0 Å². The van der Waals surface area contributed by atoms with E-state index in [4.69, 9.17) is 15.6 Å². The van der Waals surface area contributed by atoms with E-state index in [9.17, 15) is 0 Å². The quantitative estimate of drug-likeness (QED) is 0.105. The number of nitrogens with one attached hydrogen (secondary N) is 1. The van der Waals surface area contributed by atoms with Gasteiger partial charge in [-0.3, -0.25) is 5.41 Å². The lowest BCUT2D eigenvalue weighted by Crippen LogP contribution is -2.05. The van der Waals surface area contributed by atoms with Gasteiger partial charge < -0.3 is 19.3 Å². The van der Waals surface area contributed by atoms with Crippen LogP contribution in [0.5, 0.6) is 0 Å². The Kier molecular flexibility index (Phi) is 7.31. The van der Waals surface area contributed by atoms with Gasteiger partial charge in [0.2, 0.25) is 0 Å². The Balaban J connectivity index is 0.000000196. The number of aromatic nitrogens is 2. The number of nitrogens with zero attached hydrogens (tertiary/aromatic N) is 2. The van der Waals surface area contributed by atoms with Gasteiger partial charge in [-0.1, -0.05) is 121 Å². The van der Waals surface area contributed by atoms with E-state index < -0.39 is 0 Å². The Morgan fingerprint density at radius 3 is 1.82 bits per heavy atom. The summed E-state index contributed by atoms with van der Waals surface area (Å²) in [7, 11) is 2.17. The van der Waals surface area contributed by atoms with Crippen molar-refractivity contribution in [2.75, 3.05) is 5.73 Å². The van der Waals surface area contributed by atoms with Crippen LogP contribution in [0.15, 0.2) is 186 Å². The maximum absolute atomic E-state index is 8.13. The second-order valence-corrected chi connectivity index (χ2v) is 14.7. The minimum Gasteiger partial charge on any atom is -0.456 e. The van der Waals surface area contributed by atoms with Gasteiger partial charge in [-0.2, -0.15) is 0 Å². The van der Waals surface area contributed by atoms with Crippen LogP contribution in [0.2, 0.25) is 0 Å². The zero-order chi connectivity index (χ0) is 38.2. The molecule has 3 heterocycles. The van der Waals surface area contributed by atoms with Gasteiger partial charge in [0.15, 0.2) is 0 Å². The lowest BCUT2D eigenvalue weighted by atomic mass is 9.95. The van der Waals surface area contributed by atoms with Crippen LogP contribution in [0.3, 0.4) is 0 Å². The third kappa shape index (κ3) is 4.99. The summed E-state index contributed by atoms with van der Waals surface area (Å²) in [4.78, 5) is 0. The molecule has 0 atom stereocenters. The van der Waals surface area contributed by atoms with Crippen LogP contribution in [0, 0.1) is 5.41 Å². The molecule has 0 saturated heterocycles. The van der Waals surface area contributed by atoms with Gasteiger partial charge in [-0.25, -0.2) is 0 Å². The number of para-hydroxylation sites is 3. The molecule has 0 spiro atoms. The summed E-state index contributed by atoms with van der Waals surface area (Å²) in [6.45, 7) is 0. The van der Waals surface area contributed by atoms with E-state index in [1.54, 1.807) is 6.07 Å². The van der Waals surface area contributed by atoms with Crippen molar-refractivity contribution in [2.24, 2.45) is 7.05 Å². The molecule has 0 radical (unpaired) electrons. The van der Waals surface area contributed by atoms with Crippen molar-refractivity contribution in [3.8, 4) is 16.8 Å². The molecule has 5 nitrogen and oxygen atoms in total. The Bertz CT molecular complexity index is 3610. The minimum atomic E-state index is 0.426. The monoisotopic (exact) mass is 732 g/mol. The predicted octanol–water partition coefficient (Wildman–Crippen LogP) is 13.0. The summed E-state index contributed by atoms with van der Waals surface area (Å²) >= 11 is 0. The number of fused-ring (bicyclic) bond motifs is 13. The molecule has 3 N–H and O–H groups in total. The summed E-state index contributed by atoms with van der Waals surface area (Å²) in [6, 6.07) is 63.9. The van der Waals surface area contributed by atoms with Gasteiger partial charge in [-0.05, 0) is 93.3 Å². The second kappa shape index (κ2) is 12.7. The molecule has 0 unspecified atom stereocenters. The zero-order valence-electron chi connectivity index (χ0n) is 31.2. The standard InChI is InChI=1S/C39H26N2.C13H10N2O/c1-40-33-13-7-5-11-31(33)38-30-21-17-27-18-23-36-39(37(27)29(30)22-24-35(38)40)32-12-6-8-14-34(32)41(36)28-19-15-26(16-20-28)25-9-3-2-4-10-25;14-9-5-3-7-11-12(9)13(15)8-4-1-2-6-10(8)16-11/h2-24H,1H3;1-7,15H,14H2. The Morgan fingerprint density at radius 2 is 1.02 bits per heavy atom. The fourth-order valence-corrected chi connectivity index (χ4v) is 8.98. The minimum absolute atomic E-state index is 0.426. The Hall–Kier alpha value is -7.63. The number of nitrogen functional groups attached to an aromatic ring is 1. The van der Waals surface area contributed by atoms with Gasteiger partial charge in [0, 0.05) is 56.4 Å². The molecule has 12 aromatic rings. The van der Waals surface area contributed by atoms with Crippen molar-refractivity contribution in [1.82, 2.24) is 9.13 Å². The molecule has 0 fully saturated rings. The largest absolute Gasteiger partial charge is 0.456 e. The first-order chi connectivity index (χ1) is 28.0. The summed E-state index contributed by atoms with van der Waals surface area (Å²) in [5.74, 6) is 0. The summed E-state index contributed by atoms with van der Waals surface area (Å²) < 4.78 is 10.5. The highest BCUT2D eigenvalue weighted by molar-refractivity contribution is 6.32. The zero-order valence-corrected chi connectivity index (χ0v) is 31.2. The van der Waals surface area contributed by atoms with Crippen LogP contribution in [-0.4, -0.2) is 9.13 Å². The number of benzene rings is 9. The molecule has 0 saturated carbocycles. The van der Waals surface area contributed by atoms with Gasteiger partial charge in [0.1, 0.15) is 11.2 Å². The first-order valence-electron chi connectivity index (χ1n) is 19.2. The number of hydrogen-bond donors (Lipinski definition) is 2. The first kappa shape index (κ1) is 32.8. The molecule has 3 aromatic heterocycles. The fraction of sp³-hybridized carbons (Fsp3) is 0.0192. The maximum Gasteiger partial charge on any atom is 0.138 e. The molecule has 9 aromatic carbocycles. The molecule has 0 aliphatic rings. The van der Waals surface area contributed by atoms with E-state index >= 15 is 0 Å². The van der Waals surface area contributed by atoms with E-state index in [0.29, 0.717) is 27.6 Å². The van der Waals surface area contributed by atoms with Gasteiger partial charge in [0.25, 0.3) is 0 Å². The molecular formula is C52H36N4O. The van der Waals surface area contributed by atoms with E-state index in [1.165, 1.54) is 82.0 Å². The van der Waals surface area contributed by atoms with E-state index in [2.05, 4.69) is 156 Å². The van der Waals surface area contributed by atoms with Gasteiger partial charge in [-0.15, -0.1) is 0 Å². The van der Waals surface area contributed by atoms with E-state index in [1.807, 2.05) is 36.4 Å². The number of anilines is 1. The highest BCUT2D eigenvalue weighted by Crippen LogP contribution is 2.43. The number of aryl methyl sites for hydroxylation is 1. The van der Waals surface area contributed by atoms with Gasteiger partial charge >= 0.3 is 0 Å². The van der Waals surface area contributed by atoms with Crippen LogP contribution < -0.4 is 11.1 Å². The Labute approximate surface area is 327 Å². The van der Waals surface area contributed by atoms with Crippen molar-refractivity contribution in [1.29, 1.82) is 5.41 Å². The van der Waals surface area contributed by atoms with Gasteiger partial charge in [0.05, 0.1) is 21.8 Å². The molecule has 12 rings (SSSR count). The summed E-state index contributed by atoms with van der Waals surface area (Å²) in [5.41, 5.74) is 16.5. The lowest BCUT2D eigenvalue weighted by Gasteiger charge is -2.11. The molecule has 0 amide bonds. The van der Waals surface area contributed by atoms with Crippen LogP contribution in [0.25, 0.3) is 104 Å². The molecule has 5 heteroatoms. The molecule has 0 aliphatic heterocycles. The second-order valence-electron chi connectivity index (χ2n) is 14.7. The van der Waals surface area contributed by atoms with Crippen molar-refractivity contribution < 1.29 is 4.42 Å². The molecule has 0 bridgehead atoms. The third-order valence-electron chi connectivity index (χ3n) is 11.6.